The molecule has 13 nitrogen and oxygen atoms in total. The number of carbonyl (C=O) groups is 1. The number of ketones is 1. The Morgan fingerprint density at radius 2 is 1.30 bits per heavy atom. The fourth-order valence-corrected chi connectivity index (χ4v) is 7.62. The van der Waals surface area contributed by atoms with Gasteiger partial charge in [0.1, 0.15) is 4.91 Å². The van der Waals surface area contributed by atoms with E-state index in [1.807, 2.05) is 11.8 Å². The van der Waals surface area contributed by atoms with Crippen molar-refractivity contribution in [1.29, 1.82) is 0 Å². The highest BCUT2D eigenvalue weighted by Crippen LogP contribution is 2.37. The third kappa shape index (κ3) is 9.17. The summed E-state index contributed by atoms with van der Waals surface area (Å²) in [5, 5.41) is 14.5. The van der Waals surface area contributed by atoms with Crippen LogP contribution in [0.3, 0.4) is 0 Å². The van der Waals surface area contributed by atoms with Crippen molar-refractivity contribution in [3.63, 3.8) is 0 Å². The van der Waals surface area contributed by atoms with Crippen molar-refractivity contribution in [3.8, 4) is 0 Å². The lowest BCUT2D eigenvalue weighted by Gasteiger charge is -2.30. The summed E-state index contributed by atoms with van der Waals surface area (Å²) >= 11 is 0. The van der Waals surface area contributed by atoms with E-state index in [-0.39, 0.29) is 21.8 Å². The van der Waals surface area contributed by atoms with Crippen molar-refractivity contribution >= 4 is 53.1 Å². The third-order valence-electron chi connectivity index (χ3n) is 8.64. The first-order chi connectivity index (χ1) is 24.8. The number of carbonyl (C=O) groups excluding carboxylic acids is 1. The molecule has 16 heteroatoms. The molecule has 0 spiro atoms. The topological polar surface area (TPSA) is 216 Å². The highest BCUT2D eigenvalue weighted by molar-refractivity contribution is 7.90. The molecule has 0 fully saturated rings. The summed E-state index contributed by atoms with van der Waals surface area (Å²) in [5.74, 6) is -0.629. The molecule has 1 unspecified atom stereocenters. The molecule has 0 heterocycles. The van der Waals surface area contributed by atoms with E-state index in [0.29, 0.717) is 46.6 Å². The Bertz CT molecular complexity index is 2460. The molecule has 0 bridgehead atoms. The van der Waals surface area contributed by atoms with Crippen LogP contribution in [0.1, 0.15) is 42.5 Å². The summed E-state index contributed by atoms with van der Waals surface area (Å²) < 4.78 is 100. The van der Waals surface area contributed by atoms with Gasteiger partial charge < -0.3 is 15.3 Å². The van der Waals surface area contributed by atoms with Gasteiger partial charge in [-0.2, -0.15) is 25.3 Å². The molecule has 1 atom stereocenters. The van der Waals surface area contributed by atoms with Gasteiger partial charge in [-0.05, 0) is 96.3 Å². The maximum atomic E-state index is 12.5. The van der Waals surface area contributed by atoms with Gasteiger partial charge in [0.15, 0.2) is 11.5 Å². The zero-order valence-electron chi connectivity index (χ0n) is 28.4. The molecule has 0 amide bonds. The number of rotatable bonds is 13. The summed E-state index contributed by atoms with van der Waals surface area (Å²) in [5.41, 5.74) is 1.89. The third-order valence-corrected chi connectivity index (χ3v) is 11.3. The monoisotopic (exact) mass is 780 g/mol. The highest BCUT2D eigenvalue weighted by atomic mass is 32.2. The predicted octanol–water partition coefficient (Wildman–Crippen LogP) is 5.59. The van der Waals surface area contributed by atoms with E-state index >= 15 is 0 Å². The normalized spacial score (nSPS) is 15.7. The lowest BCUT2D eigenvalue weighted by molar-refractivity contribution is -0.110. The second kappa shape index (κ2) is 15.2. The standard InChI is InChI=1S/C37H36N2O11S3/c1-3-37(41,28-12-19-32(20-13-28)51(42,43)44)38-29-14-8-26(9-15-29)36(34-21-18-31(40)23-35(34)53(48,49)50)27-10-16-30(17-11-27)39(4-2)24-25-6-5-7-33(22-25)52(45,46)47/h5-23,38,41H,3-4,24H2,1-2H3,(H,42,43,44)(H,45,46,47)(H,48,49,50). The number of allylic oxidation sites excluding steroid dienone is 4. The van der Waals surface area contributed by atoms with Gasteiger partial charge in [-0.3, -0.25) is 18.5 Å². The van der Waals surface area contributed by atoms with Gasteiger partial charge in [0.25, 0.3) is 30.4 Å². The Morgan fingerprint density at radius 3 is 1.83 bits per heavy atom. The minimum absolute atomic E-state index is 0.0546. The van der Waals surface area contributed by atoms with E-state index in [1.54, 1.807) is 61.5 Å². The predicted molar refractivity (Wildman–Crippen MR) is 200 cm³/mol. The molecular weight excluding hydrogens is 745 g/mol. The lowest BCUT2D eigenvalue weighted by Crippen LogP contribution is -2.34. The number of aliphatic hydroxyl groups is 1. The van der Waals surface area contributed by atoms with Crippen LogP contribution >= 0.6 is 0 Å². The summed E-state index contributed by atoms with van der Waals surface area (Å²) in [6, 6.07) is 24.6. The van der Waals surface area contributed by atoms with Crippen molar-refractivity contribution < 1.29 is 48.8 Å². The average Bonchev–Trinajstić information content (AvgIpc) is 3.11. The van der Waals surface area contributed by atoms with Crippen LogP contribution in [-0.2, 0) is 47.4 Å². The Hall–Kier alpha value is -4.94. The Morgan fingerprint density at radius 1 is 0.717 bits per heavy atom. The minimum Gasteiger partial charge on any atom is -0.367 e. The van der Waals surface area contributed by atoms with Gasteiger partial charge in [-0.25, -0.2) is 0 Å². The van der Waals surface area contributed by atoms with Gasteiger partial charge in [-0.15, -0.1) is 0 Å². The first-order valence-electron chi connectivity index (χ1n) is 16.1. The van der Waals surface area contributed by atoms with E-state index < -0.39 is 46.8 Å². The van der Waals surface area contributed by atoms with Gasteiger partial charge >= 0.3 is 0 Å². The summed E-state index contributed by atoms with van der Waals surface area (Å²) in [4.78, 5) is 13.0. The average molecular weight is 781 g/mol. The largest absolute Gasteiger partial charge is 0.367 e. The fraction of sp³-hybridized carbons (Fsp3) is 0.162. The summed E-state index contributed by atoms with van der Waals surface area (Å²) in [7, 11) is -13.7. The second-order valence-corrected chi connectivity index (χ2v) is 16.3. The van der Waals surface area contributed by atoms with E-state index in [1.165, 1.54) is 54.6 Å². The maximum absolute atomic E-state index is 12.5. The number of anilines is 2. The van der Waals surface area contributed by atoms with Crippen LogP contribution in [0.25, 0.3) is 5.57 Å². The molecule has 4 aromatic carbocycles. The van der Waals surface area contributed by atoms with Crippen LogP contribution in [-0.4, -0.2) is 56.3 Å². The fourth-order valence-electron chi connectivity index (χ4n) is 5.88. The summed E-state index contributed by atoms with van der Waals surface area (Å²) in [6.45, 7) is 4.44. The molecule has 0 saturated heterocycles. The van der Waals surface area contributed by atoms with Crippen LogP contribution in [0.2, 0.25) is 0 Å². The Balaban J connectivity index is 1.53. The van der Waals surface area contributed by atoms with Crippen LogP contribution in [0.15, 0.2) is 136 Å². The molecule has 4 aromatic rings. The molecule has 1 aliphatic carbocycles. The van der Waals surface area contributed by atoms with Crippen molar-refractivity contribution in [1.82, 2.24) is 0 Å². The maximum Gasteiger partial charge on any atom is 0.295 e. The quantitative estimate of drug-likeness (QED) is 0.0828. The first kappa shape index (κ1) is 39.3. The van der Waals surface area contributed by atoms with Gasteiger partial charge in [0, 0.05) is 41.7 Å². The smallest absolute Gasteiger partial charge is 0.295 e. The van der Waals surface area contributed by atoms with Gasteiger partial charge in [-0.1, -0.05) is 55.5 Å². The number of hydrogen-bond donors (Lipinski definition) is 5. The number of benzene rings is 4. The first-order valence-corrected chi connectivity index (χ1v) is 20.4. The molecule has 5 N–H and O–H groups in total. The van der Waals surface area contributed by atoms with E-state index in [2.05, 4.69) is 5.32 Å². The van der Waals surface area contributed by atoms with Gasteiger partial charge in [0.05, 0.1) is 9.79 Å². The van der Waals surface area contributed by atoms with Crippen LogP contribution in [0.5, 0.6) is 0 Å². The van der Waals surface area contributed by atoms with Crippen molar-refractivity contribution in [2.75, 3.05) is 16.8 Å². The Labute approximate surface area is 307 Å². The molecule has 0 aliphatic heterocycles. The van der Waals surface area contributed by atoms with Crippen molar-refractivity contribution in [3.05, 3.63) is 148 Å². The highest BCUT2D eigenvalue weighted by Gasteiger charge is 2.29. The van der Waals surface area contributed by atoms with Crippen molar-refractivity contribution in [2.24, 2.45) is 0 Å². The molecule has 0 aromatic heterocycles. The molecule has 53 heavy (non-hydrogen) atoms. The van der Waals surface area contributed by atoms with Crippen LogP contribution in [0.4, 0.5) is 11.4 Å². The van der Waals surface area contributed by atoms with Crippen LogP contribution < -0.4 is 10.2 Å². The number of hydrogen-bond acceptors (Lipinski definition) is 10. The summed E-state index contributed by atoms with van der Waals surface area (Å²) in [6.07, 6.45) is 3.49. The van der Waals surface area contributed by atoms with Crippen LogP contribution in [0, 0.1) is 0 Å². The zero-order chi connectivity index (χ0) is 38.8. The van der Waals surface area contributed by atoms with Gasteiger partial charge in [0.2, 0.25) is 0 Å². The Kier molecular flexibility index (Phi) is 11.3. The zero-order valence-corrected chi connectivity index (χ0v) is 30.9. The van der Waals surface area contributed by atoms with E-state index in [9.17, 15) is 48.8 Å². The molecule has 1 aliphatic rings. The SMILES string of the molecule is CCN(Cc1cccc(S(=O)(=O)O)c1)c1ccc(C(=C2C=CC(=O)C=C2S(=O)(=O)O)c2ccc(NC(O)(CC)c3ccc(S(=O)(=O)O)cc3)cc2)cc1. The molecule has 0 radical (unpaired) electrons. The van der Waals surface area contributed by atoms with E-state index in [0.717, 1.165) is 11.8 Å². The molecule has 278 valence electrons. The lowest BCUT2D eigenvalue weighted by atomic mass is 9.90. The number of nitrogens with one attached hydrogen (secondary N) is 1. The number of nitrogens with zero attached hydrogens (tertiary/aromatic N) is 1. The molecule has 5 rings (SSSR count). The van der Waals surface area contributed by atoms with E-state index in [4.69, 9.17) is 0 Å². The molecule has 0 saturated carbocycles. The molecular formula is C37H36N2O11S3. The minimum atomic E-state index is -4.86. The second-order valence-electron chi connectivity index (χ2n) is 12.1. The van der Waals surface area contributed by atoms with Crippen molar-refractivity contribution in [2.45, 2.75) is 42.3 Å².